The summed E-state index contributed by atoms with van der Waals surface area (Å²) in [4.78, 5) is 24.8. The van der Waals surface area contributed by atoms with Crippen molar-refractivity contribution in [3.8, 4) is 0 Å². The van der Waals surface area contributed by atoms with E-state index in [0.29, 0.717) is 25.9 Å². The van der Waals surface area contributed by atoms with E-state index in [4.69, 9.17) is 10.5 Å². The maximum atomic E-state index is 12.6. The molecule has 1 rings (SSSR count). The lowest BCUT2D eigenvalue weighted by atomic mass is 9.80. The van der Waals surface area contributed by atoms with E-state index >= 15 is 0 Å². The van der Waals surface area contributed by atoms with Crippen LogP contribution in [0.1, 0.15) is 58.3 Å². The Morgan fingerprint density at radius 1 is 1.26 bits per heavy atom. The molecule has 1 aliphatic carbocycles. The number of halogens is 1. The van der Waals surface area contributed by atoms with Crippen molar-refractivity contribution in [3.05, 3.63) is 0 Å². The van der Waals surface area contributed by atoms with Gasteiger partial charge in [-0.15, -0.1) is 12.4 Å². The van der Waals surface area contributed by atoms with Crippen molar-refractivity contribution < 1.29 is 14.3 Å². The Morgan fingerprint density at radius 3 is 2.43 bits per heavy atom. The Bertz CT molecular complexity index is 356. The van der Waals surface area contributed by atoms with Crippen molar-refractivity contribution in [1.82, 2.24) is 10.6 Å². The minimum absolute atomic E-state index is 0. The van der Waals surface area contributed by atoms with Crippen LogP contribution in [0.3, 0.4) is 0 Å². The molecule has 6 nitrogen and oxygen atoms in total. The SMILES string of the molecule is CCCCNC(=O)C1(NC(=O)CC(CN)OC)CCCCC1.Cl. The molecule has 1 fully saturated rings. The monoisotopic (exact) mass is 349 g/mol. The van der Waals surface area contributed by atoms with E-state index < -0.39 is 5.54 Å². The van der Waals surface area contributed by atoms with Crippen LogP contribution < -0.4 is 16.4 Å². The molecule has 23 heavy (non-hydrogen) atoms. The highest BCUT2D eigenvalue weighted by atomic mass is 35.5. The number of carbonyl (C=O) groups excluding carboxylic acids is 2. The molecule has 0 aliphatic heterocycles. The zero-order valence-electron chi connectivity index (χ0n) is 14.4. The van der Waals surface area contributed by atoms with E-state index in [0.717, 1.165) is 32.1 Å². The van der Waals surface area contributed by atoms with Gasteiger partial charge in [0.1, 0.15) is 5.54 Å². The van der Waals surface area contributed by atoms with E-state index in [1.807, 2.05) is 0 Å². The molecule has 0 heterocycles. The van der Waals surface area contributed by atoms with Crippen molar-refractivity contribution in [2.45, 2.75) is 69.9 Å². The summed E-state index contributed by atoms with van der Waals surface area (Å²) < 4.78 is 5.15. The van der Waals surface area contributed by atoms with Gasteiger partial charge in [-0.25, -0.2) is 0 Å². The summed E-state index contributed by atoms with van der Waals surface area (Å²) in [5.74, 6) is -0.208. The lowest BCUT2D eigenvalue weighted by Crippen LogP contribution is -2.60. The standard InChI is InChI=1S/C16H31N3O3.ClH/c1-3-4-10-18-15(21)16(8-6-5-7-9-16)19-14(20)11-13(12-17)22-2;/h13H,3-12,17H2,1-2H3,(H,18,21)(H,19,20);1H. The average molecular weight is 350 g/mol. The van der Waals surface area contributed by atoms with Gasteiger partial charge >= 0.3 is 0 Å². The van der Waals surface area contributed by atoms with Gasteiger partial charge in [-0.3, -0.25) is 9.59 Å². The first-order valence-electron chi connectivity index (χ1n) is 8.40. The zero-order valence-corrected chi connectivity index (χ0v) is 15.2. The lowest BCUT2D eigenvalue weighted by Gasteiger charge is -2.37. The van der Waals surface area contributed by atoms with Gasteiger partial charge in [0.25, 0.3) is 0 Å². The number of methoxy groups -OCH3 is 1. The van der Waals surface area contributed by atoms with Crippen LogP contribution in [0.5, 0.6) is 0 Å². The molecular formula is C16H32ClN3O3. The molecule has 1 unspecified atom stereocenters. The van der Waals surface area contributed by atoms with E-state index in [2.05, 4.69) is 17.6 Å². The molecule has 4 N–H and O–H groups in total. The summed E-state index contributed by atoms with van der Waals surface area (Å²) in [5.41, 5.74) is 4.80. The third-order valence-electron chi connectivity index (χ3n) is 4.35. The number of unbranched alkanes of at least 4 members (excludes halogenated alkanes) is 1. The topological polar surface area (TPSA) is 93.5 Å². The molecule has 136 valence electrons. The molecule has 0 radical (unpaired) electrons. The van der Waals surface area contributed by atoms with Crippen molar-refractivity contribution in [2.24, 2.45) is 5.73 Å². The Morgan fingerprint density at radius 2 is 1.91 bits per heavy atom. The second-order valence-corrected chi connectivity index (χ2v) is 6.10. The summed E-state index contributed by atoms with van der Waals surface area (Å²) in [6.07, 6.45) is 6.33. The number of amides is 2. The maximum Gasteiger partial charge on any atom is 0.245 e. The fraction of sp³-hybridized carbons (Fsp3) is 0.875. The Hall–Kier alpha value is -0.850. The van der Waals surface area contributed by atoms with Gasteiger partial charge in [-0.1, -0.05) is 32.6 Å². The molecule has 1 saturated carbocycles. The molecule has 0 bridgehead atoms. The van der Waals surface area contributed by atoms with Crippen LogP contribution >= 0.6 is 12.4 Å². The number of nitrogens with one attached hydrogen (secondary N) is 2. The molecule has 0 spiro atoms. The zero-order chi connectivity index (χ0) is 16.4. The molecule has 0 aromatic rings. The molecule has 0 saturated heterocycles. The number of ether oxygens (including phenoxy) is 1. The minimum Gasteiger partial charge on any atom is -0.380 e. The summed E-state index contributed by atoms with van der Waals surface area (Å²) in [6, 6.07) is 0. The Balaban J connectivity index is 0.00000484. The van der Waals surface area contributed by atoms with Gasteiger partial charge in [0.2, 0.25) is 11.8 Å². The molecule has 1 aliphatic rings. The summed E-state index contributed by atoms with van der Waals surface area (Å²) in [7, 11) is 1.54. The van der Waals surface area contributed by atoms with Crippen LogP contribution in [0.4, 0.5) is 0 Å². The largest absolute Gasteiger partial charge is 0.380 e. The minimum atomic E-state index is -0.754. The number of hydrogen-bond acceptors (Lipinski definition) is 4. The van der Waals surface area contributed by atoms with Crippen LogP contribution in [0.15, 0.2) is 0 Å². The molecule has 2 amide bonds. The van der Waals surface area contributed by atoms with E-state index in [-0.39, 0.29) is 36.7 Å². The molecule has 0 aromatic carbocycles. The Kier molecular flexibility index (Phi) is 11.2. The van der Waals surface area contributed by atoms with Gasteiger partial charge in [-0.2, -0.15) is 0 Å². The first-order chi connectivity index (χ1) is 10.6. The quantitative estimate of drug-likeness (QED) is 0.550. The van der Waals surface area contributed by atoms with Gasteiger partial charge in [0, 0.05) is 20.2 Å². The van der Waals surface area contributed by atoms with E-state index in [9.17, 15) is 9.59 Å². The van der Waals surface area contributed by atoms with E-state index in [1.165, 1.54) is 0 Å². The number of nitrogens with two attached hydrogens (primary N) is 1. The van der Waals surface area contributed by atoms with E-state index in [1.54, 1.807) is 7.11 Å². The summed E-state index contributed by atoms with van der Waals surface area (Å²) in [5, 5.41) is 5.94. The van der Waals surface area contributed by atoms with Crippen molar-refractivity contribution in [1.29, 1.82) is 0 Å². The lowest BCUT2D eigenvalue weighted by molar-refractivity contribution is -0.136. The molecular weight excluding hydrogens is 318 g/mol. The van der Waals surface area contributed by atoms with Crippen LogP contribution in [-0.2, 0) is 14.3 Å². The highest BCUT2D eigenvalue weighted by Gasteiger charge is 2.40. The molecule has 0 aromatic heterocycles. The second kappa shape index (κ2) is 11.6. The third kappa shape index (κ3) is 7.06. The highest BCUT2D eigenvalue weighted by Crippen LogP contribution is 2.28. The summed E-state index contributed by atoms with van der Waals surface area (Å²) >= 11 is 0. The van der Waals surface area contributed by atoms with Gasteiger partial charge in [-0.05, 0) is 19.3 Å². The predicted octanol–water partition coefficient (Wildman–Crippen LogP) is 1.51. The average Bonchev–Trinajstić information content (AvgIpc) is 2.53. The predicted molar refractivity (Wildman–Crippen MR) is 93.6 cm³/mol. The smallest absolute Gasteiger partial charge is 0.245 e. The number of hydrogen-bond donors (Lipinski definition) is 3. The fourth-order valence-corrected chi connectivity index (χ4v) is 2.90. The van der Waals surface area contributed by atoms with Gasteiger partial charge < -0.3 is 21.1 Å². The number of carbonyl (C=O) groups is 2. The van der Waals surface area contributed by atoms with Crippen molar-refractivity contribution >= 4 is 24.2 Å². The maximum absolute atomic E-state index is 12.6. The van der Waals surface area contributed by atoms with Gasteiger partial charge in [0.15, 0.2) is 0 Å². The normalized spacial score (nSPS) is 17.7. The van der Waals surface area contributed by atoms with Crippen LogP contribution in [0, 0.1) is 0 Å². The first kappa shape index (κ1) is 22.1. The third-order valence-corrected chi connectivity index (χ3v) is 4.35. The van der Waals surface area contributed by atoms with Gasteiger partial charge in [0.05, 0.1) is 12.5 Å². The van der Waals surface area contributed by atoms with Crippen molar-refractivity contribution in [2.75, 3.05) is 20.2 Å². The second-order valence-electron chi connectivity index (χ2n) is 6.10. The van der Waals surface area contributed by atoms with Crippen LogP contribution in [0.2, 0.25) is 0 Å². The van der Waals surface area contributed by atoms with Crippen LogP contribution in [-0.4, -0.2) is 43.7 Å². The van der Waals surface area contributed by atoms with Crippen molar-refractivity contribution in [3.63, 3.8) is 0 Å². The van der Waals surface area contributed by atoms with Crippen LogP contribution in [0.25, 0.3) is 0 Å². The molecule has 7 heteroatoms. The summed E-state index contributed by atoms with van der Waals surface area (Å²) in [6.45, 7) is 3.04. The number of rotatable bonds is 9. The first-order valence-corrected chi connectivity index (χ1v) is 8.40. The fourth-order valence-electron chi connectivity index (χ4n) is 2.90. The Labute approximate surface area is 145 Å². The highest BCUT2D eigenvalue weighted by molar-refractivity contribution is 5.91. The molecule has 1 atom stereocenters.